The average Bonchev–Trinajstić information content (AvgIpc) is 3.20. The largest absolute Gasteiger partial charge is 0.497 e. The predicted molar refractivity (Wildman–Crippen MR) is 140 cm³/mol. The number of nitrogens with zero attached hydrogens (tertiary/aromatic N) is 4. The van der Waals surface area contributed by atoms with Crippen LogP contribution in [0, 0.1) is 0 Å². The number of anilines is 1. The van der Waals surface area contributed by atoms with E-state index < -0.39 is 0 Å². The molecule has 2 heterocycles. The number of aliphatic hydroxyl groups is 1. The molecule has 3 rings (SSSR count). The van der Waals surface area contributed by atoms with E-state index in [0.717, 1.165) is 57.6 Å². The van der Waals surface area contributed by atoms with Gasteiger partial charge in [-0.2, -0.15) is 9.97 Å². The van der Waals surface area contributed by atoms with Gasteiger partial charge in [0, 0.05) is 26.2 Å². The van der Waals surface area contributed by atoms with Gasteiger partial charge in [0.1, 0.15) is 11.3 Å². The van der Waals surface area contributed by atoms with E-state index in [2.05, 4.69) is 44.2 Å². The number of nitrogens with one attached hydrogen (secondary N) is 2. The van der Waals surface area contributed by atoms with Crippen LogP contribution in [0.4, 0.5) is 5.82 Å². The molecule has 0 unspecified atom stereocenters. The fraction of sp³-hybridized carbons (Fsp3) is 0.560. The summed E-state index contributed by atoms with van der Waals surface area (Å²) in [5, 5.41) is 12.2. The van der Waals surface area contributed by atoms with Gasteiger partial charge in [-0.15, -0.1) is 0 Å². The summed E-state index contributed by atoms with van der Waals surface area (Å²) in [6.45, 7) is 7.11. The van der Waals surface area contributed by atoms with Crippen molar-refractivity contribution in [1.82, 2.24) is 29.7 Å². The highest BCUT2D eigenvalue weighted by molar-refractivity contribution is 5.81. The van der Waals surface area contributed by atoms with Crippen molar-refractivity contribution in [1.29, 1.82) is 0 Å². The Morgan fingerprint density at radius 2 is 1.92 bits per heavy atom. The van der Waals surface area contributed by atoms with Crippen LogP contribution >= 0.6 is 0 Å². The van der Waals surface area contributed by atoms with Gasteiger partial charge in [-0.1, -0.05) is 25.5 Å². The second kappa shape index (κ2) is 14.4. The number of nitrogen functional groups attached to an aromatic ring is 1. The summed E-state index contributed by atoms with van der Waals surface area (Å²) in [5.41, 5.74) is 7.90. The zero-order chi connectivity index (χ0) is 25.8. The second-order valence-corrected chi connectivity index (χ2v) is 8.68. The molecular weight excluding hydrogens is 462 g/mol. The summed E-state index contributed by atoms with van der Waals surface area (Å²) < 4.78 is 12.5. The van der Waals surface area contributed by atoms with Crippen molar-refractivity contribution in [3.8, 4) is 11.8 Å². The van der Waals surface area contributed by atoms with Gasteiger partial charge in [-0.05, 0) is 50.0 Å². The van der Waals surface area contributed by atoms with Gasteiger partial charge in [0.05, 0.1) is 20.3 Å². The lowest BCUT2D eigenvalue weighted by atomic mass is 10.2. The number of aliphatic hydroxyl groups excluding tert-OH is 1. The van der Waals surface area contributed by atoms with Crippen LogP contribution in [0.2, 0.25) is 0 Å². The quantitative estimate of drug-likeness (QED) is 0.203. The van der Waals surface area contributed by atoms with Gasteiger partial charge >= 0.3 is 11.7 Å². The lowest BCUT2D eigenvalue weighted by Gasteiger charge is -2.23. The van der Waals surface area contributed by atoms with Crippen molar-refractivity contribution in [3.63, 3.8) is 0 Å². The van der Waals surface area contributed by atoms with Gasteiger partial charge in [0.25, 0.3) is 0 Å². The lowest BCUT2D eigenvalue weighted by Crippen LogP contribution is -2.30. The van der Waals surface area contributed by atoms with Crippen LogP contribution in [-0.2, 0) is 13.1 Å². The minimum atomic E-state index is -0.258. The highest BCUT2D eigenvalue weighted by atomic mass is 16.5. The van der Waals surface area contributed by atoms with Crippen molar-refractivity contribution < 1.29 is 14.6 Å². The van der Waals surface area contributed by atoms with Gasteiger partial charge in [-0.3, -0.25) is 9.47 Å². The highest BCUT2D eigenvalue weighted by Crippen LogP contribution is 2.18. The fourth-order valence-corrected chi connectivity index (χ4v) is 3.95. The van der Waals surface area contributed by atoms with Gasteiger partial charge < -0.3 is 30.6 Å². The molecule has 0 amide bonds. The molecule has 1 aromatic carbocycles. The number of hydrogen-bond acceptors (Lipinski definition) is 9. The van der Waals surface area contributed by atoms with Crippen molar-refractivity contribution in [3.05, 3.63) is 40.3 Å². The van der Waals surface area contributed by atoms with E-state index in [0.29, 0.717) is 30.9 Å². The summed E-state index contributed by atoms with van der Waals surface area (Å²) in [4.78, 5) is 26.4. The third-order valence-corrected chi connectivity index (χ3v) is 5.90. The van der Waals surface area contributed by atoms with E-state index in [-0.39, 0.29) is 24.1 Å². The number of imidazole rings is 1. The van der Waals surface area contributed by atoms with E-state index >= 15 is 0 Å². The number of hydrogen-bond donors (Lipinski definition) is 4. The van der Waals surface area contributed by atoms with Crippen molar-refractivity contribution in [2.45, 2.75) is 45.7 Å². The number of benzene rings is 1. The van der Waals surface area contributed by atoms with Crippen molar-refractivity contribution >= 4 is 17.0 Å². The van der Waals surface area contributed by atoms with Crippen LogP contribution in [0.25, 0.3) is 11.2 Å². The first-order valence-corrected chi connectivity index (χ1v) is 12.6. The average molecular weight is 502 g/mol. The van der Waals surface area contributed by atoms with Gasteiger partial charge in [0.15, 0.2) is 11.5 Å². The van der Waals surface area contributed by atoms with Crippen LogP contribution in [0.3, 0.4) is 0 Å². The molecule has 0 saturated heterocycles. The highest BCUT2D eigenvalue weighted by Gasteiger charge is 2.15. The number of methoxy groups -OCH3 is 1. The van der Waals surface area contributed by atoms with Crippen LogP contribution < -0.4 is 26.2 Å². The molecule has 0 aliphatic rings. The minimum Gasteiger partial charge on any atom is -0.497 e. The molecule has 0 spiro atoms. The first-order chi connectivity index (χ1) is 17.5. The van der Waals surface area contributed by atoms with E-state index in [1.807, 2.05) is 12.1 Å². The lowest BCUT2D eigenvalue weighted by molar-refractivity contribution is 0.249. The maximum absolute atomic E-state index is 12.7. The van der Waals surface area contributed by atoms with Gasteiger partial charge in [-0.25, -0.2) is 4.79 Å². The Bertz CT molecular complexity index is 1110. The second-order valence-electron chi connectivity index (χ2n) is 8.68. The molecule has 0 aliphatic heterocycles. The number of rotatable bonds is 17. The Hall–Kier alpha value is -3.15. The standard InChI is InChI=1S/C25H39N7O4/c1-3-4-17-36-24-29-22(26)21-23(30-24)32(25(34)28-21)15-6-14-31(13-5-11-27-12-16-33)18-19-7-9-20(35-2)10-8-19/h7-10,27,33H,3-6,11-18H2,1-2H3,(H,28,34)(H2,26,29,30). The number of nitrogens with two attached hydrogens (primary N) is 1. The zero-order valence-electron chi connectivity index (χ0n) is 21.3. The number of aromatic nitrogens is 4. The van der Waals surface area contributed by atoms with Crippen LogP contribution in [0.15, 0.2) is 29.1 Å². The van der Waals surface area contributed by atoms with Gasteiger partial charge in [0.2, 0.25) is 0 Å². The van der Waals surface area contributed by atoms with E-state index in [9.17, 15) is 4.79 Å². The zero-order valence-corrected chi connectivity index (χ0v) is 21.3. The van der Waals surface area contributed by atoms with Crippen molar-refractivity contribution in [2.24, 2.45) is 0 Å². The molecule has 11 heteroatoms. The Balaban J connectivity index is 1.66. The number of unbranched alkanes of at least 4 members (excludes halogenated alkanes) is 1. The van der Waals surface area contributed by atoms with Crippen LogP contribution in [0.1, 0.15) is 38.2 Å². The number of fused-ring (bicyclic) bond motifs is 1. The smallest absolute Gasteiger partial charge is 0.327 e. The van der Waals surface area contributed by atoms with Crippen LogP contribution in [0.5, 0.6) is 11.8 Å². The summed E-state index contributed by atoms with van der Waals surface area (Å²) in [5.74, 6) is 1.04. The molecule has 198 valence electrons. The summed E-state index contributed by atoms with van der Waals surface area (Å²) >= 11 is 0. The molecule has 0 bridgehead atoms. The van der Waals surface area contributed by atoms with E-state index in [1.165, 1.54) is 5.56 Å². The minimum absolute atomic E-state index is 0.133. The summed E-state index contributed by atoms with van der Waals surface area (Å²) in [6.07, 6.45) is 3.59. The molecule has 36 heavy (non-hydrogen) atoms. The summed E-state index contributed by atoms with van der Waals surface area (Å²) in [7, 11) is 1.66. The molecule has 3 aromatic rings. The van der Waals surface area contributed by atoms with E-state index in [4.69, 9.17) is 20.3 Å². The van der Waals surface area contributed by atoms with Crippen molar-refractivity contribution in [2.75, 3.05) is 52.2 Å². The maximum atomic E-state index is 12.7. The number of ether oxygens (including phenoxy) is 2. The maximum Gasteiger partial charge on any atom is 0.327 e. The fourth-order valence-electron chi connectivity index (χ4n) is 3.95. The molecule has 0 atom stereocenters. The third kappa shape index (κ3) is 7.94. The number of aromatic amines is 1. The molecule has 11 nitrogen and oxygen atoms in total. The Morgan fingerprint density at radius 3 is 2.64 bits per heavy atom. The topological polar surface area (TPSA) is 144 Å². The number of H-pyrrole nitrogens is 1. The molecular formula is C25H39N7O4. The molecule has 5 N–H and O–H groups in total. The first-order valence-electron chi connectivity index (χ1n) is 12.6. The normalized spacial score (nSPS) is 11.4. The molecule has 2 aromatic heterocycles. The SMILES string of the molecule is CCCCOc1nc(N)c2[nH]c(=O)n(CCCN(CCCNCCO)Cc3ccc(OC)cc3)c2n1. The third-order valence-electron chi connectivity index (χ3n) is 5.90. The monoisotopic (exact) mass is 501 g/mol. The van der Waals surface area contributed by atoms with Crippen LogP contribution in [-0.4, -0.2) is 76.0 Å². The molecule has 0 saturated carbocycles. The molecule has 0 fully saturated rings. The Labute approximate surface area is 211 Å². The Kier molecular flexibility index (Phi) is 11.0. The Morgan fingerprint density at radius 1 is 1.14 bits per heavy atom. The molecule has 0 aliphatic carbocycles. The molecule has 0 radical (unpaired) electrons. The predicted octanol–water partition coefficient (Wildman–Crippen LogP) is 1.75. The van der Waals surface area contributed by atoms with E-state index in [1.54, 1.807) is 11.7 Å². The first kappa shape index (κ1) is 27.4. The summed E-state index contributed by atoms with van der Waals surface area (Å²) in [6, 6.07) is 8.26. The number of aryl methyl sites for hydroxylation is 1.